The van der Waals surface area contributed by atoms with Crippen molar-refractivity contribution in [3.05, 3.63) is 53.3 Å². The van der Waals surface area contributed by atoms with E-state index in [2.05, 4.69) is 10.4 Å². The third kappa shape index (κ3) is 3.43. The van der Waals surface area contributed by atoms with Crippen molar-refractivity contribution < 1.29 is 9.59 Å². The predicted molar refractivity (Wildman–Crippen MR) is 94.5 cm³/mol. The molecular formula is C19H24N4O2. The maximum Gasteiger partial charge on any atom is 0.225 e. The molecule has 1 aliphatic heterocycles. The molecule has 6 nitrogen and oxygen atoms in total. The second kappa shape index (κ2) is 7.09. The number of carbonyl (C=O) groups excluding carboxylic acids is 2. The molecule has 0 spiro atoms. The van der Waals surface area contributed by atoms with Gasteiger partial charge >= 0.3 is 0 Å². The highest BCUT2D eigenvalue weighted by molar-refractivity contribution is 5.84. The van der Waals surface area contributed by atoms with Crippen molar-refractivity contribution in [3.8, 4) is 0 Å². The van der Waals surface area contributed by atoms with Gasteiger partial charge in [0.25, 0.3) is 0 Å². The fourth-order valence-corrected chi connectivity index (χ4v) is 3.45. The SMILES string of the molecule is Cc1c(CNC(=O)[C@H]2CCC(=O)N(C)[C@H]2c2ccccc2)cnn1C. The van der Waals surface area contributed by atoms with Crippen molar-refractivity contribution in [3.63, 3.8) is 0 Å². The molecule has 0 bridgehead atoms. The lowest BCUT2D eigenvalue weighted by atomic mass is 9.84. The van der Waals surface area contributed by atoms with Crippen molar-refractivity contribution in [1.82, 2.24) is 20.0 Å². The molecule has 3 rings (SSSR count). The van der Waals surface area contributed by atoms with Crippen molar-refractivity contribution in [2.24, 2.45) is 13.0 Å². The molecule has 2 amide bonds. The molecule has 1 N–H and O–H groups in total. The van der Waals surface area contributed by atoms with Crippen LogP contribution in [0.4, 0.5) is 0 Å². The van der Waals surface area contributed by atoms with E-state index in [1.165, 1.54) is 0 Å². The third-order valence-corrected chi connectivity index (χ3v) is 5.13. The summed E-state index contributed by atoms with van der Waals surface area (Å²) in [5.74, 6) is -0.181. The minimum absolute atomic E-state index is 0.0172. The van der Waals surface area contributed by atoms with Crippen LogP contribution < -0.4 is 5.32 Å². The molecule has 0 radical (unpaired) electrons. The summed E-state index contributed by atoms with van der Waals surface area (Å²) >= 11 is 0. The molecule has 2 atom stereocenters. The summed E-state index contributed by atoms with van der Waals surface area (Å²) in [5.41, 5.74) is 3.04. The highest BCUT2D eigenvalue weighted by Crippen LogP contribution is 2.35. The van der Waals surface area contributed by atoms with Gasteiger partial charge < -0.3 is 10.2 Å². The monoisotopic (exact) mass is 340 g/mol. The number of piperidine rings is 1. The van der Waals surface area contributed by atoms with Crippen molar-refractivity contribution in [2.45, 2.75) is 32.4 Å². The third-order valence-electron chi connectivity index (χ3n) is 5.13. The van der Waals surface area contributed by atoms with Crippen LogP contribution in [-0.4, -0.2) is 33.5 Å². The van der Waals surface area contributed by atoms with Gasteiger partial charge in [0, 0.05) is 38.3 Å². The topological polar surface area (TPSA) is 67.2 Å². The van der Waals surface area contributed by atoms with Crippen LogP contribution >= 0.6 is 0 Å². The molecule has 1 aliphatic rings. The van der Waals surface area contributed by atoms with Gasteiger partial charge in [-0.3, -0.25) is 14.3 Å². The Morgan fingerprint density at radius 2 is 2.00 bits per heavy atom. The molecule has 1 saturated heterocycles. The maximum absolute atomic E-state index is 12.8. The van der Waals surface area contributed by atoms with Crippen LogP contribution in [0.2, 0.25) is 0 Å². The minimum atomic E-state index is -0.248. The van der Waals surface area contributed by atoms with Crippen LogP contribution in [0.5, 0.6) is 0 Å². The lowest BCUT2D eigenvalue weighted by Crippen LogP contribution is -2.46. The Labute approximate surface area is 147 Å². The summed E-state index contributed by atoms with van der Waals surface area (Å²) < 4.78 is 1.79. The van der Waals surface area contributed by atoms with E-state index < -0.39 is 0 Å². The minimum Gasteiger partial charge on any atom is -0.352 e. The first-order valence-electron chi connectivity index (χ1n) is 8.55. The average Bonchev–Trinajstić information content (AvgIpc) is 2.94. The van der Waals surface area contributed by atoms with Gasteiger partial charge in [0.05, 0.1) is 18.2 Å². The fraction of sp³-hybridized carbons (Fsp3) is 0.421. The van der Waals surface area contributed by atoms with Crippen LogP contribution in [0.1, 0.15) is 35.7 Å². The molecule has 1 fully saturated rings. The Morgan fingerprint density at radius 1 is 1.28 bits per heavy atom. The van der Waals surface area contributed by atoms with Crippen LogP contribution in [0.15, 0.2) is 36.5 Å². The zero-order chi connectivity index (χ0) is 18.0. The summed E-state index contributed by atoms with van der Waals surface area (Å²) in [6.07, 6.45) is 2.76. The Bertz CT molecular complexity index is 769. The van der Waals surface area contributed by atoms with Crippen LogP contribution in [0.3, 0.4) is 0 Å². The van der Waals surface area contributed by atoms with Crippen LogP contribution in [-0.2, 0) is 23.2 Å². The number of amides is 2. The molecule has 6 heteroatoms. The first-order valence-corrected chi connectivity index (χ1v) is 8.55. The highest BCUT2D eigenvalue weighted by Gasteiger charge is 2.38. The van der Waals surface area contributed by atoms with Gasteiger partial charge in [0.15, 0.2) is 0 Å². The van der Waals surface area contributed by atoms with E-state index in [-0.39, 0.29) is 23.8 Å². The fourth-order valence-electron chi connectivity index (χ4n) is 3.45. The van der Waals surface area contributed by atoms with Gasteiger partial charge in [-0.1, -0.05) is 30.3 Å². The number of hydrogen-bond donors (Lipinski definition) is 1. The summed E-state index contributed by atoms with van der Waals surface area (Å²) in [6.45, 7) is 2.43. The molecule has 0 saturated carbocycles. The molecule has 0 unspecified atom stereocenters. The Balaban J connectivity index is 1.77. The molecule has 25 heavy (non-hydrogen) atoms. The first-order chi connectivity index (χ1) is 12.0. The van der Waals surface area contributed by atoms with E-state index in [0.717, 1.165) is 16.8 Å². The molecule has 2 aromatic rings. The maximum atomic E-state index is 12.8. The standard InChI is InChI=1S/C19H24N4O2/c1-13-15(12-21-23(13)3)11-20-19(25)16-9-10-17(24)22(2)18(16)14-7-5-4-6-8-14/h4-8,12,16,18H,9-11H2,1-3H3,(H,20,25)/t16-,18-/m0/s1. The quantitative estimate of drug-likeness (QED) is 0.925. The van der Waals surface area contributed by atoms with Gasteiger partial charge in [-0.05, 0) is 18.9 Å². The summed E-state index contributed by atoms with van der Waals surface area (Å²) in [4.78, 5) is 26.7. The smallest absolute Gasteiger partial charge is 0.225 e. The second-order valence-corrected chi connectivity index (χ2v) is 6.60. The van der Waals surface area contributed by atoms with E-state index in [9.17, 15) is 9.59 Å². The number of rotatable bonds is 4. The van der Waals surface area contributed by atoms with E-state index in [1.54, 1.807) is 22.8 Å². The van der Waals surface area contributed by atoms with E-state index in [4.69, 9.17) is 0 Å². The van der Waals surface area contributed by atoms with Crippen molar-refractivity contribution in [1.29, 1.82) is 0 Å². The number of hydrogen-bond acceptors (Lipinski definition) is 3. The normalized spacial score (nSPS) is 20.6. The number of nitrogens with one attached hydrogen (secondary N) is 1. The largest absolute Gasteiger partial charge is 0.352 e. The van der Waals surface area contributed by atoms with Crippen molar-refractivity contribution in [2.75, 3.05) is 7.05 Å². The number of nitrogens with zero attached hydrogens (tertiary/aromatic N) is 3. The number of aryl methyl sites for hydroxylation is 1. The summed E-state index contributed by atoms with van der Waals surface area (Å²) in [6, 6.07) is 9.55. The molecule has 1 aromatic heterocycles. The Kier molecular flexibility index (Phi) is 4.88. The Morgan fingerprint density at radius 3 is 2.64 bits per heavy atom. The summed E-state index contributed by atoms with van der Waals surface area (Å²) in [5, 5.41) is 7.23. The predicted octanol–water partition coefficient (Wildman–Crippen LogP) is 1.95. The lowest BCUT2D eigenvalue weighted by molar-refractivity contribution is -0.141. The van der Waals surface area contributed by atoms with Crippen molar-refractivity contribution >= 4 is 11.8 Å². The summed E-state index contributed by atoms with van der Waals surface area (Å²) in [7, 11) is 3.67. The van der Waals surface area contributed by atoms with Gasteiger partial charge in [-0.15, -0.1) is 0 Å². The molecule has 0 aliphatic carbocycles. The first kappa shape index (κ1) is 17.2. The average molecular weight is 340 g/mol. The number of benzene rings is 1. The second-order valence-electron chi connectivity index (χ2n) is 6.60. The van der Waals surface area contributed by atoms with Gasteiger partial charge in [-0.2, -0.15) is 5.10 Å². The van der Waals surface area contributed by atoms with Gasteiger partial charge in [0.1, 0.15) is 0 Å². The van der Waals surface area contributed by atoms with Crippen LogP contribution in [0.25, 0.3) is 0 Å². The van der Waals surface area contributed by atoms with Crippen LogP contribution in [0, 0.1) is 12.8 Å². The highest BCUT2D eigenvalue weighted by atomic mass is 16.2. The van der Waals surface area contributed by atoms with E-state index >= 15 is 0 Å². The number of likely N-dealkylation sites (tertiary alicyclic amines) is 1. The van der Waals surface area contributed by atoms with E-state index in [1.807, 2.05) is 44.3 Å². The molecular weight excluding hydrogens is 316 g/mol. The Hall–Kier alpha value is -2.63. The number of aromatic nitrogens is 2. The van der Waals surface area contributed by atoms with E-state index in [0.29, 0.717) is 19.4 Å². The lowest BCUT2D eigenvalue weighted by Gasteiger charge is -2.38. The van der Waals surface area contributed by atoms with Gasteiger partial charge in [0.2, 0.25) is 11.8 Å². The number of carbonyl (C=O) groups is 2. The van der Waals surface area contributed by atoms with Gasteiger partial charge in [-0.25, -0.2) is 0 Å². The zero-order valence-electron chi connectivity index (χ0n) is 14.9. The molecule has 132 valence electrons. The molecule has 2 heterocycles. The molecule has 1 aromatic carbocycles. The zero-order valence-corrected chi connectivity index (χ0v) is 14.9.